The van der Waals surface area contributed by atoms with Crippen molar-refractivity contribution >= 4 is 21.8 Å². The highest BCUT2D eigenvalue weighted by atomic mass is 79.9. The van der Waals surface area contributed by atoms with Crippen molar-refractivity contribution in [3.8, 4) is 0 Å². The van der Waals surface area contributed by atoms with Crippen molar-refractivity contribution in [1.29, 1.82) is 0 Å². The van der Waals surface area contributed by atoms with Gasteiger partial charge in [0.2, 0.25) is 0 Å². The number of hydrogen-bond donors (Lipinski definition) is 0. The van der Waals surface area contributed by atoms with Crippen LogP contribution in [0.2, 0.25) is 0 Å². The first-order valence-electron chi connectivity index (χ1n) is 6.23. The molecule has 0 aromatic carbocycles. The van der Waals surface area contributed by atoms with Crippen LogP contribution in [0, 0.1) is 0 Å². The van der Waals surface area contributed by atoms with E-state index in [1.807, 2.05) is 11.1 Å². The summed E-state index contributed by atoms with van der Waals surface area (Å²) in [5.74, 6) is 0.0258. The van der Waals surface area contributed by atoms with Crippen LogP contribution in [-0.2, 0) is 6.67 Å². The van der Waals surface area contributed by atoms with Crippen molar-refractivity contribution in [3.63, 3.8) is 0 Å². The van der Waals surface area contributed by atoms with Gasteiger partial charge in [-0.1, -0.05) is 0 Å². The smallest absolute Gasteiger partial charge is 0.274 e. The Bertz CT molecular complexity index is 584. The zero-order valence-corrected chi connectivity index (χ0v) is 12.0. The van der Waals surface area contributed by atoms with Gasteiger partial charge in [-0.3, -0.25) is 9.48 Å². The summed E-state index contributed by atoms with van der Waals surface area (Å²) in [6.07, 6.45) is 7.57. The molecule has 3 rings (SSSR count). The molecule has 0 saturated carbocycles. The van der Waals surface area contributed by atoms with Crippen LogP contribution < -0.4 is 0 Å². The summed E-state index contributed by atoms with van der Waals surface area (Å²) in [7, 11) is 0. The second kappa shape index (κ2) is 5.16. The molecule has 0 bridgehead atoms. The van der Waals surface area contributed by atoms with Crippen LogP contribution in [0.15, 0.2) is 29.1 Å². The van der Waals surface area contributed by atoms with Gasteiger partial charge in [0.05, 0.1) is 10.7 Å². The van der Waals surface area contributed by atoms with Crippen molar-refractivity contribution in [2.24, 2.45) is 0 Å². The number of amides is 1. The third-order valence-corrected chi connectivity index (χ3v) is 3.55. The largest absolute Gasteiger partial charge is 0.337 e. The van der Waals surface area contributed by atoms with E-state index in [0.29, 0.717) is 12.4 Å². The lowest BCUT2D eigenvalue weighted by atomic mass is 10.4. The molecule has 1 fully saturated rings. The first-order chi connectivity index (χ1) is 9.22. The summed E-state index contributed by atoms with van der Waals surface area (Å²) in [6.45, 7) is 2.19. The van der Waals surface area contributed by atoms with Gasteiger partial charge >= 0.3 is 0 Å². The second-order valence-corrected chi connectivity index (χ2v) is 5.49. The maximum Gasteiger partial charge on any atom is 0.274 e. The Labute approximate surface area is 119 Å². The third-order valence-electron chi connectivity index (χ3n) is 3.14. The van der Waals surface area contributed by atoms with E-state index in [2.05, 4.69) is 26.1 Å². The summed E-state index contributed by atoms with van der Waals surface area (Å²) in [4.78, 5) is 14.0. The van der Waals surface area contributed by atoms with Crippen LogP contribution in [0.3, 0.4) is 0 Å². The van der Waals surface area contributed by atoms with Crippen LogP contribution in [0.4, 0.5) is 0 Å². The molecule has 0 radical (unpaired) electrons. The molecular weight excluding hydrogens is 310 g/mol. The Balaban J connectivity index is 1.70. The van der Waals surface area contributed by atoms with Crippen molar-refractivity contribution in [2.45, 2.75) is 19.5 Å². The molecule has 0 atom stereocenters. The fraction of sp³-hybridized carbons (Fsp3) is 0.417. The first kappa shape index (κ1) is 12.4. The van der Waals surface area contributed by atoms with E-state index in [9.17, 15) is 4.79 Å². The second-order valence-electron chi connectivity index (χ2n) is 4.58. The molecule has 1 aliphatic heterocycles. The van der Waals surface area contributed by atoms with Gasteiger partial charge in [0.1, 0.15) is 12.4 Å². The normalized spacial score (nSPS) is 15.1. The predicted molar refractivity (Wildman–Crippen MR) is 72.7 cm³/mol. The SMILES string of the molecule is O=C(c1ccn(Cn2cc(Br)cn2)n1)N1CCCC1. The van der Waals surface area contributed by atoms with E-state index in [-0.39, 0.29) is 5.91 Å². The van der Waals surface area contributed by atoms with Gasteiger partial charge in [0.15, 0.2) is 0 Å². The Morgan fingerprint density at radius 2 is 2.11 bits per heavy atom. The minimum atomic E-state index is 0.0258. The van der Waals surface area contributed by atoms with Gasteiger partial charge in [0, 0.05) is 25.5 Å². The average Bonchev–Trinajstić information content (AvgIpc) is 3.10. The van der Waals surface area contributed by atoms with Gasteiger partial charge in [-0.05, 0) is 34.8 Å². The lowest BCUT2D eigenvalue weighted by Crippen LogP contribution is -2.28. The number of hydrogen-bond acceptors (Lipinski definition) is 3. The first-order valence-corrected chi connectivity index (χ1v) is 7.02. The maximum atomic E-state index is 12.1. The number of rotatable bonds is 3. The number of likely N-dealkylation sites (tertiary alicyclic amines) is 1. The van der Waals surface area contributed by atoms with E-state index in [0.717, 1.165) is 30.4 Å². The Morgan fingerprint density at radius 3 is 2.79 bits per heavy atom. The summed E-state index contributed by atoms with van der Waals surface area (Å²) < 4.78 is 4.39. The fourth-order valence-corrected chi connectivity index (χ4v) is 2.53. The molecule has 100 valence electrons. The number of aromatic nitrogens is 4. The van der Waals surface area contributed by atoms with Crippen LogP contribution in [0.1, 0.15) is 23.3 Å². The molecule has 2 aromatic rings. The van der Waals surface area contributed by atoms with Gasteiger partial charge in [0.25, 0.3) is 5.91 Å². The molecule has 2 aromatic heterocycles. The molecule has 6 nitrogen and oxygen atoms in total. The highest BCUT2D eigenvalue weighted by Gasteiger charge is 2.21. The zero-order valence-electron chi connectivity index (χ0n) is 10.4. The molecule has 1 saturated heterocycles. The van der Waals surface area contributed by atoms with Crippen LogP contribution in [0.25, 0.3) is 0 Å². The van der Waals surface area contributed by atoms with Gasteiger partial charge in [-0.2, -0.15) is 10.2 Å². The van der Waals surface area contributed by atoms with E-state index < -0.39 is 0 Å². The van der Waals surface area contributed by atoms with Gasteiger partial charge < -0.3 is 4.90 Å². The zero-order chi connectivity index (χ0) is 13.2. The molecule has 0 spiro atoms. The van der Waals surface area contributed by atoms with Crippen molar-refractivity contribution in [3.05, 3.63) is 34.8 Å². The van der Waals surface area contributed by atoms with E-state index in [1.54, 1.807) is 27.8 Å². The molecular formula is C12H14BrN5O. The highest BCUT2D eigenvalue weighted by Crippen LogP contribution is 2.12. The molecule has 0 N–H and O–H groups in total. The predicted octanol–water partition coefficient (Wildman–Crippen LogP) is 1.58. The molecule has 3 heterocycles. The van der Waals surface area contributed by atoms with Crippen molar-refractivity contribution in [1.82, 2.24) is 24.5 Å². The Kier molecular flexibility index (Phi) is 3.37. The lowest BCUT2D eigenvalue weighted by Gasteiger charge is -2.12. The minimum absolute atomic E-state index is 0.0258. The molecule has 0 aliphatic carbocycles. The summed E-state index contributed by atoms with van der Waals surface area (Å²) in [5, 5.41) is 8.46. The highest BCUT2D eigenvalue weighted by molar-refractivity contribution is 9.10. The van der Waals surface area contributed by atoms with Crippen LogP contribution in [0.5, 0.6) is 0 Å². The monoisotopic (exact) mass is 323 g/mol. The standard InChI is InChI=1S/C12H14BrN5O/c13-10-7-14-18(8-10)9-17-6-3-11(15-17)12(19)16-4-1-2-5-16/h3,6-8H,1-2,4-5,9H2. The number of carbonyl (C=O) groups is 1. The average molecular weight is 324 g/mol. The van der Waals surface area contributed by atoms with Crippen molar-refractivity contribution < 1.29 is 4.79 Å². The number of carbonyl (C=O) groups excluding carboxylic acids is 1. The minimum Gasteiger partial charge on any atom is -0.337 e. The Morgan fingerprint density at radius 1 is 1.32 bits per heavy atom. The summed E-state index contributed by atoms with van der Waals surface area (Å²) >= 11 is 3.34. The van der Waals surface area contributed by atoms with Gasteiger partial charge in [-0.15, -0.1) is 0 Å². The maximum absolute atomic E-state index is 12.1. The van der Waals surface area contributed by atoms with Gasteiger partial charge in [-0.25, -0.2) is 4.68 Å². The number of halogens is 1. The molecule has 7 heteroatoms. The molecule has 1 aliphatic rings. The van der Waals surface area contributed by atoms with E-state index in [4.69, 9.17) is 0 Å². The fourth-order valence-electron chi connectivity index (χ4n) is 2.20. The van der Waals surface area contributed by atoms with E-state index >= 15 is 0 Å². The van der Waals surface area contributed by atoms with Crippen molar-refractivity contribution in [2.75, 3.05) is 13.1 Å². The topological polar surface area (TPSA) is 56.0 Å². The quantitative estimate of drug-likeness (QED) is 0.861. The molecule has 1 amide bonds. The molecule has 0 unspecified atom stereocenters. The Hall–Kier alpha value is -1.63. The molecule has 19 heavy (non-hydrogen) atoms. The van der Waals surface area contributed by atoms with E-state index in [1.165, 1.54) is 0 Å². The summed E-state index contributed by atoms with van der Waals surface area (Å²) in [5.41, 5.74) is 0.508. The van der Waals surface area contributed by atoms with Crippen LogP contribution >= 0.6 is 15.9 Å². The third kappa shape index (κ3) is 2.70. The summed E-state index contributed by atoms with van der Waals surface area (Å²) in [6, 6.07) is 1.76. The van der Waals surface area contributed by atoms with Crippen LogP contribution in [-0.4, -0.2) is 43.5 Å². The lowest BCUT2D eigenvalue weighted by molar-refractivity contribution is 0.0786. The number of nitrogens with zero attached hydrogens (tertiary/aromatic N) is 5.